The average Bonchev–Trinajstić information content (AvgIpc) is 3.17. The molecule has 0 amide bonds. The van der Waals surface area contributed by atoms with Crippen LogP contribution in [-0.2, 0) is 28.6 Å². The summed E-state index contributed by atoms with van der Waals surface area (Å²) in [6, 6.07) is 0. The summed E-state index contributed by atoms with van der Waals surface area (Å²) in [5.41, 5.74) is 0. The summed E-state index contributed by atoms with van der Waals surface area (Å²) in [5, 5.41) is 0. The number of esters is 3. The van der Waals surface area contributed by atoms with Crippen molar-refractivity contribution in [3.8, 4) is 0 Å². The molecule has 0 bridgehead atoms. The second-order valence-electron chi connectivity index (χ2n) is 17.2. The Balaban J connectivity index is 4.14. The lowest BCUT2D eigenvalue weighted by Crippen LogP contribution is -2.30. The van der Waals surface area contributed by atoms with E-state index in [0.29, 0.717) is 19.3 Å². The number of rotatable bonds is 44. The van der Waals surface area contributed by atoms with Crippen molar-refractivity contribution in [1.82, 2.24) is 0 Å². The number of carbonyl (C=O) groups is 3. The van der Waals surface area contributed by atoms with Crippen molar-refractivity contribution in [2.75, 3.05) is 13.2 Å². The largest absolute Gasteiger partial charge is 0.462 e. The number of carbonyl (C=O) groups excluding carboxylic acids is 3. The van der Waals surface area contributed by atoms with Crippen LogP contribution in [0.2, 0.25) is 0 Å². The number of hydrogen-bond donors (Lipinski definition) is 0. The van der Waals surface area contributed by atoms with Crippen molar-refractivity contribution >= 4 is 17.9 Å². The van der Waals surface area contributed by atoms with Gasteiger partial charge in [-0.1, -0.05) is 233 Å². The molecule has 6 nitrogen and oxygen atoms in total. The molecule has 326 valence electrons. The molecule has 0 fully saturated rings. The zero-order valence-corrected chi connectivity index (χ0v) is 37.4. The van der Waals surface area contributed by atoms with Gasteiger partial charge in [0.25, 0.3) is 0 Å². The van der Waals surface area contributed by atoms with E-state index in [2.05, 4.69) is 27.7 Å². The molecule has 0 aliphatic heterocycles. The predicted molar refractivity (Wildman–Crippen MR) is 233 cm³/mol. The van der Waals surface area contributed by atoms with E-state index in [1.54, 1.807) is 0 Å². The molecule has 0 aromatic heterocycles. The quantitative estimate of drug-likeness (QED) is 0.0348. The number of ether oxygens (including phenoxy) is 3. The van der Waals surface area contributed by atoms with Crippen LogP contribution in [-0.4, -0.2) is 37.2 Å². The van der Waals surface area contributed by atoms with Crippen LogP contribution in [0, 0.1) is 5.92 Å². The fraction of sp³-hybridized carbons (Fsp3) is 0.939. The van der Waals surface area contributed by atoms with Gasteiger partial charge >= 0.3 is 17.9 Å². The van der Waals surface area contributed by atoms with E-state index in [0.717, 1.165) is 70.1 Å². The molecule has 0 saturated carbocycles. The zero-order chi connectivity index (χ0) is 40.3. The van der Waals surface area contributed by atoms with Gasteiger partial charge in [0, 0.05) is 19.3 Å². The molecule has 1 atom stereocenters. The van der Waals surface area contributed by atoms with Crippen LogP contribution in [0.3, 0.4) is 0 Å². The lowest BCUT2D eigenvalue weighted by Gasteiger charge is -2.18. The Kier molecular flexibility index (Phi) is 42.3. The highest BCUT2D eigenvalue weighted by Gasteiger charge is 2.19. The second kappa shape index (κ2) is 43.5. The molecule has 6 heteroatoms. The van der Waals surface area contributed by atoms with Crippen LogP contribution in [0.4, 0.5) is 0 Å². The number of hydrogen-bond acceptors (Lipinski definition) is 6. The Bertz CT molecular complexity index is 826. The molecular weight excluding hydrogens is 685 g/mol. The van der Waals surface area contributed by atoms with E-state index in [1.807, 2.05) is 0 Å². The maximum absolute atomic E-state index is 12.7. The summed E-state index contributed by atoms with van der Waals surface area (Å²) in [7, 11) is 0. The third kappa shape index (κ3) is 43.4. The Hall–Kier alpha value is -1.59. The van der Waals surface area contributed by atoms with Crippen molar-refractivity contribution < 1.29 is 28.6 Å². The first-order valence-electron chi connectivity index (χ1n) is 24.4. The van der Waals surface area contributed by atoms with Gasteiger partial charge in [0.2, 0.25) is 0 Å². The van der Waals surface area contributed by atoms with Gasteiger partial charge in [0.1, 0.15) is 13.2 Å². The maximum atomic E-state index is 12.7. The van der Waals surface area contributed by atoms with Gasteiger partial charge in [0.15, 0.2) is 6.10 Å². The van der Waals surface area contributed by atoms with E-state index in [-0.39, 0.29) is 31.1 Å². The summed E-state index contributed by atoms with van der Waals surface area (Å²) in [4.78, 5) is 37.6. The van der Waals surface area contributed by atoms with Crippen LogP contribution in [0.1, 0.15) is 272 Å². The van der Waals surface area contributed by atoms with Gasteiger partial charge in [-0.05, 0) is 25.2 Å². The molecule has 0 unspecified atom stereocenters. The number of unbranched alkanes of at least 4 members (excludes halogenated alkanes) is 31. The summed E-state index contributed by atoms with van der Waals surface area (Å²) in [5.74, 6) is -0.0293. The SMILES string of the molecule is CCCCCCCCCCCCCCCCCCCC(=O)O[C@H](COC(=O)CCCCCCC)COC(=O)CCCCCCCCCCCCCCC(C)C. The van der Waals surface area contributed by atoms with Gasteiger partial charge in [-0.15, -0.1) is 0 Å². The monoisotopic (exact) mass is 779 g/mol. The third-order valence-corrected chi connectivity index (χ3v) is 11.0. The van der Waals surface area contributed by atoms with Crippen LogP contribution in [0.25, 0.3) is 0 Å². The van der Waals surface area contributed by atoms with E-state index in [1.165, 1.54) is 161 Å². The average molecular weight is 779 g/mol. The highest BCUT2D eigenvalue weighted by Crippen LogP contribution is 2.17. The van der Waals surface area contributed by atoms with E-state index >= 15 is 0 Å². The zero-order valence-electron chi connectivity index (χ0n) is 37.4. The summed E-state index contributed by atoms with van der Waals surface area (Å²) < 4.78 is 16.7. The van der Waals surface area contributed by atoms with Crippen molar-refractivity contribution in [2.24, 2.45) is 5.92 Å². The van der Waals surface area contributed by atoms with Gasteiger partial charge in [-0.2, -0.15) is 0 Å². The molecule has 0 N–H and O–H groups in total. The lowest BCUT2D eigenvalue weighted by molar-refractivity contribution is -0.167. The smallest absolute Gasteiger partial charge is 0.306 e. The Labute approximate surface area is 342 Å². The molecule has 0 spiro atoms. The van der Waals surface area contributed by atoms with Crippen LogP contribution in [0.15, 0.2) is 0 Å². The maximum Gasteiger partial charge on any atom is 0.306 e. The van der Waals surface area contributed by atoms with E-state index in [4.69, 9.17) is 14.2 Å². The van der Waals surface area contributed by atoms with Crippen LogP contribution >= 0.6 is 0 Å². The highest BCUT2D eigenvalue weighted by atomic mass is 16.6. The third-order valence-electron chi connectivity index (χ3n) is 11.0. The van der Waals surface area contributed by atoms with Crippen LogP contribution < -0.4 is 0 Å². The van der Waals surface area contributed by atoms with Gasteiger partial charge in [0.05, 0.1) is 0 Å². The summed E-state index contributed by atoms with van der Waals surface area (Å²) in [6.07, 6.45) is 44.0. The van der Waals surface area contributed by atoms with Crippen molar-refractivity contribution in [3.63, 3.8) is 0 Å². The molecule has 0 aromatic rings. The van der Waals surface area contributed by atoms with Gasteiger partial charge < -0.3 is 14.2 Å². The standard InChI is InChI=1S/C49H94O6/c1-5-7-9-11-12-13-14-15-16-17-18-19-24-27-30-34-38-42-49(52)55-46(43-53-47(50)40-36-31-10-8-6-2)44-54-48(51)41-37-33-29-26-23-21-20-22-25-28-32-35-39-45(3)4/h45-46H,5-44H2,1-4H3/t46-/m1/s1. The summed E-state index contributed by atoms with van der Waals surface area (Å²) in [6.45, 7) is 8.94. The van der Waals surface area contributed by atoms with Crippen molar-refractivity contribution in [2.45, 2.75) is 278 Å². The normalized spacial score (nSPS) is 11.9. The first-order valence-corrected chi connectivity index (χ1v) is 24.4. The fourth-order valence-electron chi connectivity index (χ4n) is 7.33. The molecule has 0 heterocycles. The van der Waals surface area contributed by atoms with Gasteiger partial charge in [-0.3, -0.25) is 14.4 Å². The molecule has 0 aliphatic carbocycles. The van der Waals surface area contributed by atoms with E-state index in [9.17, 15) is 14.4 Å². The fourth-order valence-corrected chi connectivity index (χ4v) is 7.33. The molecule has 55 heavy (non-hydrogen) atoms. The Morgan fingerprint density at radius 3 is 0.891 bits per heavy atom. The second-order valence-corrected chi connectivity index (χ2v) is 17.2. The molecule has 0 aromatic carbocycles. The lowest BCUT2D eigenvalue weighted by atomic mass is 10.0. The predicted octanol–water partition coefficient (Wildman–Crippen LogP) is 15.5. The van der Waals surface area contributed by atoms with E-state index < -0.39 is 6.10 Å². The molecule has 0 radical (unpaired) electrons. The molecule has 0 rings (SSSR count). The minimum absolute atomic E-state index is 0.0644. The topological polar surface area (TPSA) is 78.9 Å². The Morgan fingerprint density at radius 2 is 0.600 bits per heavy atom. The Morgan fingerprint density at radius 1 is 0.345 bits per heavy atom. The van der Waals surface area contributed by atoms with Gasteiger partial charge in [-0.25, -0.2) is 0 Å². The van der Waals surface area contributed by atoms with Crippen molar-refractivity contribution in [3.05, 3.63) is 0 Å². The minimum Gasteiger partial charge on any atom is -0.462 e. The molecule has 0 saturated heterocycles. The summed E-state index contributed by atoms with van der Waals surface area (Å²) >= 11 is 0. The van der Waals surface area contributed by atoms with Crippen molar-refractivity contribution in [1.29, 1.82) is 0 Å². The molecular formula is C49H94O6. The minimum atomic E-state index is -0.758. The first-order chi connectivity index (χ1) is 26.9. The molecule has 0 aliphatic rings. The van der Waals surface area contributed by atoms with Crippen LogP contribution in [0.5, 0.6) is 0 Å². The first kappa shape index (κ1) is 53.4. The highest BCUT2D eigenvalue weighted by molar-refractivity contribution is 5.71.